The summed E-state index contributed by atoms with van der Waals surface area (Å²) in [6, 6.07) is 15.3. The maximum Gasteiger partial charge on any atom is 0.0946 e. The zero-order chi connectivity index (χ0) is 18.7. The quantitative estimate of drug-likeness (QED) is 0.580. The fourth-order valence-electron chi connectivity index (χ4n) is 4.50. The van der Waals surface area contributed by atoms with E-state index in [1.165, 1.54) is 29.2 Å². The lowest BCUT2D eigenvalue weighted by Crippen LogP contribution is -2.37. The predicted molar refractivity (Wildman–Crippen MR) is 111 cm³/mol. The molecule has 2 atom stereocenters. The lowest BCUT2D eigenvalue weighted by atomic mass is 9.70. The van der Waals surface area contributed by atoms with E-state index < -0.39 is 0 Å². The monoisotopic (exact) mass is 362 g/mol. The first-order valence-electron chi connectivity index (χ1n) is 10.1. The number of aromatic nitrogens is 2. The van der Waals surface area contributed by atoms with Crippen LogP contribution >= 0.6 is 0 Å². The number of ether oxygens (including phenoxy) is 1. The minimum atomic E-state index is 0.348. The van der Waals surface area contributed by atoms with Gasteiger partial charge in [0, 0.05) is 24.9 Å². The van der Waals surface area contributed by atoms with Crippen molar-refractivity contribution in [3.05, 3.63) is 66.7 Å². The van der Waals surface area contributed by atoms with E-state index in [1.54, 1.807) is 0 Å². The van der Waals surface area contributed by atoms with Crippen LogP contribution in [0.1, 0.15) is 38.7 Å². The molecule has 142 valence electrons. The third kappa shape index (κ3) is 4.59. The smallest absolute Gasteiger partial charge is 0.0946 e. The van der Waals surface area contributed by atoms with Crippen LogP contribution in [0.4, 0.5) is 0 Å². The maximum absolute atomic E-state index is 6.42. The summed E-state index contributed by atoms with van der Waals surface area (Å²) in [7, 11) is 0. The second kappa shape index (κ2) is 7.85. The summed E-state index contributed by atoms with van der Waals surface area (Å²) >= 11 is 0. The van der Waals surface area contributed by atoms with Crippen molar-refractivity contribution in [2.24, 2.45) is 11.3 Å². The molecule has 0 spiro atoms. The number of hydrogen-bond acceptors (Lipinski definition) is 2. The number of fused-ring (bicyclic) bond motifs is 1. The molecule has 0 bridgehead atoms. The average Bonchev–Trinajstić information content (AvgIpc) is 3.16. The molecule has 0 amide bonds. The SMILES string of the molecule is CC1(C)CC[C@H](OCCc2ccc3ccccc3c2)[C@H](Cn2ccnc2)C1. The van der Waals surface area contributed by atoms with Gasteiger partial charge in [-0.3, -0.25) is 0 Å². The van der Waals surface area contributed by atoms with Crippen molar-refractivity contribution in [1.82, 2.24) is 9.55 Å². The van der Waals surface area contributed by atoms with E-state index in [-0.39, 0.29) is 0 Å². The predicted octanol–water partition coefficient (Wildman–Crippen LogP) is 5.49. The topological polar surface area (TPSA) is 27.1 Å². The zero-order valence-electron chi connectivity index (χ0n) is 16.5. The third-order valence-electron chi connectivity index (χ3n) is 5.99. The standard InChI is InChI=1S/C24H30N2O/c1-24(2)11-9-23(22(16-24)17-26-13-12-25-18-26)27-14-10-19-7-8-20-5-3-4-6-21(20)15-19/h3-8,12-13,15,18,22-23H,9-11,14,16-17H2,1-2H3/t22-,23-/m0/s1. The Morgan fingerprint density at radius 1 is 1.15 bits per heavy atom. The number of benzene rings is 2. The third-order valence-corrected chi connectivity index (χ3v) is 5.99. The van der Waals surface area contributed by atoms with Gasteiger partial charge in [0.2, 0.25) is 0 Å². The Balaban J connectivity index is 1.37. The van der Waals surface area contributed by atoms with E-state index in [0.29, 0.717) is 17.4 Å². The molecule has 0 saturated heterocycles. The Labute approximate surface area is 162 Å². The molecule has 1 saturated carbocycles. The molecule has 0 unspecified atom stereocenters. The first kappa shape index (κ1) is 18.2. The number of nitrogens with zero attached hydrogens (tertiary/aromatic N) is 2. The molecule has 3 heteroatoms. The lowest BCUT2D eigenvalue weighted by Gasteiger charge is -2.40. The molecular formula is C24H30N2O. The van der Waals surface area contributed by atoms with Gasteiger partial charge >= 0.3 is 0 Å². The molecule has 27 heavy (non-hydrogen) atoms. The first-order chi connectivity index (χ1) is 13.1. The number of rotatable bonds is 6. The fourth-order valence-corrected chi connectivity index (χ4v) is 4.50. The van der Waals surface area contributed by atoms with Crippen molar-refractivity contribution in [2.45, 2.75) is 52.2 Å². The molecule has 3 nitrogen and oxygen atoms in total. The Bertz CT molecular complexity index is 869. The summed E-state index contributed by atoms with van der Waals surface area (Å²) in [5, 5.41) is 2.62. The van der Waals surface area contributed by atoms with Gasteiger partial charge in [-0.05, 0) is 47.4 Å². The van der Waals surface area contributed by atoms with E-state index >= 15 is 0 Å². The Hall–Kier alpha value is -2.13. The van der Waals surface area contributed by atoms with Crippen LogP contribution in [-0.2, 0) is 17.7 Å². The fraction of sp³-hybridized carbons (Fsp3) is 0.458. The van der Waals surface area contributed by atoms with Gasteiger partial charge in [-0.25, -0.2) is 4.98 Å². The summed E-state index contributed by atoms with van der Waals surface area (Å²) < 4.78 is 8.62. The first-order valence-corrected chi connectivity index (χ1v) is 10.1. The van der Waals surface area contributed by atoms with Gasteiger partial charge in [0.15, 0.2) is 0 Å². The van der Waals surface area contributed by atoms with Crippen molar-refractivity contribution in [1.29, 1.82) is 0 Å². The van der Waals surface area contributed by atoms with Gasteiger partial charge in [0.25, 0.3) is 0 Å². The summed E-state index contributed by atoms with van der Waals surface area (Å²) in [6.07, 6.45) is 10.8. The minimum Gasteiger partial charge on any atom is -0.378 e. The van der Waals surface area contributed by atoms with Crippen LogP contribution in [0.5, 0.6) is 0 Å². The molecule has 3 aromatic rings. The minimum absolute atomic E-state index is 0.348. The van der Waals surface area contributed by atoms with Gasteiger partial charge in [-0.1, -0.05) is 56.3 Å². The highest BCUT2D eigenvalue weighted by Gasteiger charge is 2.35. The van der Waals surface area contributed by atoms with Crippen LogP contribution in [0.2, 0.25) is 0 Å². The Morgan fingerprint density at radius 2 is 2.00 bits per heavy atom. The largest absolute Gasteiger partial charge is 0.378 e. The van der Waals surface area contributed by atoms with Crippen molar-refractivity contribution >= 4 is 10.8 Å². The number of imidazole rings is 1. The summed E-state index contributed by atoms with van der Waals surface area (Å²) in [5.41, 5.74) is 1.76. The molecule has 0 aliphatic heterocycles. The van der Waals surface area contributed by atoms with Crippen LogP contribution in [0.3, 0.4) is 0 Å². The van der Waals surface area contributed by atoms with Crippen LogP contribution in [0.15, 0.2) is 61.2 Å². The highest BCUT2D eigenvalue weighted by atomic mass is 16.5. The number of hydrogen-bond donors (Lipinski definition) is 0. The van der Waals surface area contributed by atoms with E-state index in [9.17, 15) is 0 Å². The van der Waals surface area contributed by atoms with E-state index in [1.807, 2.05) is 12.5 Å². The van der Waals surface area contributed by atoms with Gasteiger partial charge < -0.3 is 9.30 Å². The van der Waals surface area contributed by atoms with Crippen LogP contribution in [0.25, 0.3) is 10.8 Å². The van der Waals surface area contributed by atoms with Crippen LogP contribution in [0, 0.1) is 11.3 Å². The molecule has 4 rings (SSSR count). The zero-order valence-corrected chi connectivity index (χ0v) is 16.5. The van der Waals surface area contributed by atoms with E-state index in [2.05, 4.69) is 72.1 Å². The maximum atomic E-state index is 6.42. The summed E-state index contributed by atoms with van der Waals surface area (Å²) in [6.45, 7) is 6.58. The van der Waals surface area contributed by atoms with Crippen molar-refractivity contribution in [3.63, 3.8) is 0 Å². The van der Waals surface area contributed by atoms with E-state index in [0.717, 1.165) is 26.0 Å². The Morgan fingerprint density at radius 3 is 2.81 bits per heavy atom. The van der Waals surface area contributed by atoms with Gasteiger partial charge in [-0.2, -0.15) is 0 Å². The Kier molecular flexibility index (Phi) is 5.31. The molecule has 0 N–H and O–H groups in total. The molecule has 0 radical (unpaired) electrons. The molecule has 1 fully saturated rings. The highest BCUT2D eigenvalue weighted by molar-refractivity contribution is 5.82. The summed E-state index contributed by atoms with van der Waals surface area (Å²) in [4.78, 5) is 4.20. The van der Waals surface area contributed by atoms with Crippen molar-refractivity contribution in [2.75, 3.05) is 6.61 Å². The highest BCUT2D eigenvalue weighted by Crippen LogP contribution is 2.40. The molecule has 1 aromatic heterocycles. The van der Waals surface area contributed by atoms with Crippen molar-refractivity contribution < 1.29 is 4.74 Å². The van der Waals surface area contributed by atoms with E-state index in [4.69, 9.17) is 4.74 Å². The molecule has 2 aromatic carbocycles. The normalized spacial score (nSPS) is 22.1. The van der Waals surface area contributed by atoms with Crippen LogP contribution < -0.4 is 0 Å². The molecule has 1 heterocycles. The van der Waals surface area contributed by atoms with Gasteiger partial charge in [-0.15, -0.1) is 0 Å². The lowest BCUT2D eigenvalue weighted by molar-refractivity contribution is -0.0423. The average molecular weight is 363 g/mol. The second-order valence-corrected chi connectivity index (χ2v) is 8.77. The summed E-state index contributed by atoms with van der Waals surface area (Å²) in [5.74, 6) is 0.555. The molecule has 1 aliphatic carbocycles. The molecular weight excluding hydrogens is 332 g/mol. The second-order valence-electron chi connectivity index (χ2n) is 8.77. The van der Waals surface area contributed by atoms with Crippen molar-refractivity contribution in [3.8, 4) is 0 Å². The van der Waals surface area contributed by atoms with Gasteiger partial charge in [0.05, 0.1) is 19.0 Å². The van der Waals surface area contributed by atoms with Crippen LogP contribution in [-0.4, -0.2) is 22.3 Å². The molecule has 1 aliphatic rings. The van der Waals surface area contributed by atoms with Gasteiger partial charge in [0.1, 0.15) is 0 Å².